The van der Waals surface area contributed by atoms with E-state index < -0.39 is 5.41 Å². The van der Waals surface area contributed by atoms with Gasteiger partial charge in [0.15, 0.2) is 0 Å². The Morgan fingerprint density at radius 1 is 1.06 bits per heavy atom. The molecule has 0 aliphatic heterocycles. The van der Waals surface area contributed by atoms with Crippen molar-refractivity contribution in [3.63, 3.8) is 0 Å². The van der Waals surface area contributed by atoms with Crippen molar-refractivity contribution in [1.29, 1.82) is 0 Å². The number of rotatable bonds is 7. The molecule has 0 saturated heterocycles. The molecular weight excluding hydrogens is 398 g/mol. The average molecular weight is 434 g/mol. The highest BCUT2D eigenvalue weighted by atomic mass is 16.2. The maximum atomic E-state index is 13.6. The van der Waals surface area contributed by atoms with E-state index in [9.17, 15) is 9.59 Å². The first-order valence-electron chi connectivity index (χ1n) is 11.6. The van der Waals surface area contributed by atoms with Gasteiger partial charge in [0, 0.05) is 12.0 Å². The summed E-state index contributed by atoms with van der Waals surface area (Å²) in [4.78, 5) is 33.8. The number of carbonyl (C=O) groups is 1. The predicted molar refractivity (Wildman–Crippen MR) is 131 cm³/mol. The number of aryl methyl sites for hydroxylation is 1. The molecule has 1 aromatic heterocycles. The highest BCUT2D eigenvalue weighted by Gasteiger charge is 2.32. The summed E-state index contributed by atoms with van der Waals surface area (Å²) in [7, 11) is 0. The average Bonchev–Trinajstić information content (AvgIpc) is 2.78. The maximum Gasteiger partial charge on any atom is 0.266 e. The summed E-state index contributed by atoms with van der Waals surface area (Å²) in [6.07, 6.45) is 2.81. The lowest BCUT2D eigenvalue weighted by Crippen LogP contribution is -2.43. The first kappa shape index (κ1) is 23.7. The zero-order valence-corrected chi connectivity index (χ0v) is 20.2. The van der Waals surface area contributed by atoms with Crippen LogP contribution in [-0.4, -0.2) is 26.9 Å². The SMILES string of the molecule is CCCCN(C(=O)C(C)(C)C)[C@H](C)c1nc2ccccc2c(=O)n1-c1ccc(CC)cc1. The third-order valence-corrected chi connectivity index (χ3v) is 5.90. The molecule has 0 spiro atoms. The van der Waals surface area contributed by atoms with Crippen LogP contribution in [-0.2, 0) is 11.2 Å². The first-order valence-corrected chi connectivity index (χ1v) is 11.6. The van der Waals surface area contributed by atoms with E-state index in [0.717, 1.165) is 24.9 Å². The van der Waals surface area contributed by atoms with Gasteiger partial charge in [0.25, 0.3) is 5.56 Å². The molecule has 1 amide bonds. The van der Waals surface area contributed by atoms with E-state index in [1.54, 1.807) is 4.57 Å². The van der Waals surface area contributed by atoms with Crippen LogP contribution >= 0.6 is 0 Å². The molecule has 1 atom stereocenters. The van der Waals surface area contributed by atoms with Gasteiger partial charge in [0.1, 0.15) is 5.82 Å². The molecule has 170 valence electrons. The fraction of sp³-hybridized carbons (Fsp3) is 0.444. The van der Waals surface area contributed by atoms with Crippen LogP contribution in [0.3, 0.4) is 0 Å². The summed E-state index contributed by atoms with van der Waals surface area (Å²) >= 11 is 0. The molecule has 0 aliphatic carbocycles. The van der Waals surface area contributed by atoms with Crippen LogP contribution in [0, 0.1) is 5.41 Å². The van der Waals surface area contributed by atoms with Crippen LogP contribution in [0.15, 0.2) is 53.3 Å². The Kier molecular flexibility index (Phi) is 7.17. The Balaban J connectivity index is 2.24. The minimum atomic E-state index is -0.521. The van der Waals surface area contributed by atoms with Gasteiger partial charge in [-0.05, 0) is 49.6 Å². The molecule has 3 rings (SSSR count). The molecule has 0 aliphatic rings. The third kappa shape index (κ3) is 4.77. The van der Waals surface area contributed by atoms with E-state index in [-0.39, 0.29) is 17.5 Å². The van der Waals surface area contributed by atoms with Crippen molar-refractivity contribution in [2.45, 2.75) is 66.8 Å². The van der Waals surface area contributed by atoms with Crippen LogP contribution in [0.4, 0.5) is 0 Å². The molecule has 3 aromatic rings. The van der Waals surface area contributed by atoms with Gasteiger partial charge in [-0.2, -0.15) is 0 Å². The lowest BCUT2D eigenvalue weighted by Gasteiger charge is -2.35. The van der Waals surface area contributed by atoms with E-state index in [0.29, 0.717) is 23.3 Å². The van der Waals surface area contributed by atoms with Crippen LogP contribution in [0.1, 0.15) is 71.8 Å². The summed E-state index contributed by atoms with van der Waals surface area (Å²) in [5, 5.41) is 0.574. The molecule has 1 heterocycles. The predicted octanol–water partition coefficient (Wildman–Crippen LogP) is 5.68. The summed E-state index contributed by atoms with van der Waals surface area (Å²) in [5.74, 6) is 0.653. The fourth-order valence-electron chi connectivity index (χ4n) is 3.93. The lowest BCUT2D eigenvalue weighted by molar-refractivity contribution is -0.142. The fourth-order valence-corrected chi connectivity index (χ4v) is 3.93. The third-order valence-electron chi connectivity index (χ3n) is 5.90. The number of para-hydroxylation sites is 1. The molecule has 0 unspecified atom stereocenters. The molecule has 0 radical (unpaired) electrons. The second-order valence-corrected chi connectivity index (χ2v) is 9.43. The van der Waals surface area contributed by atoms with Crippen molar-refractivity contribution in [3.8, 4) is 5.69 Å². The quantitative estimate of drug-likeness (QED) is 0.481. The summed E-state index contributed by atoms with van der Waals surface area (Å²) in [6, 6.07) is 15.1. The van der Waals surface area contributed by atoms with Crippen LogP contribution in [0.25, 0.3) is 16.6 Å². The molecule has 5 nitrogen and oxygen atoms in total. The van der Waals surface area contributed by atoms with Gasteiger partial charge >= 0.3 is 0 Å². The normalized spacial score (nSPS) is 12.7. The Hall–Kier alpha value is -2.95. The Bertz CT molecular complexity index is 1140. The Morgan fingerprint density at radius 3 is 2.31 bits per heavy atom. The van der Waals surface area contributed by atoms with Gasteiger partial charge < -0.3 is 4.90 Å². The van der Waals surface area contributed by atoms with E-state index in [1.807, 2.05) is 81.1 Å². The number of benzene rings is 2. The van der Waals surface area contributed by atoms with Crippen molar-refractivity contribution in [2.24, 2.45) is 5.41 Å². The largest absolute Gasteiger partial charge is 0.332 e. The van der Waals surface area contributed by atoms with E-state index in [4.69, 9.17) is 4.98 Å². The minimum absolute atomic E-state index is 0.0636. The molecular formula is C27H35N3O2. The van der Waals surface area contributed by atoms with Crippen LogP contribution in [0.2, 0.25) is 0 Å². The lowest BCUT2D eigenvalue weighted by atomic mass is 9.93. The first-order chi connectivity index (χ1) is 15.2. The molecule has 0 saturated carbocycles. The highest BCUT2D eigenvalue weighted by Crippen LogP contribution is 2.28. The number of hydrogen-bond acceptors (Lipinski definition) is 3. The van der Waals surface area contributed by atoms with E-state index >= 15 is 0 Å². The molecule has 0 fully saturated rings. The van der Waals surface area contributed by atoms with E-state index in [1.165, 1.54) is 5.56 Å². The minimum Gasteiger partial charge on any atom is -0.332 e. The van der Waals surface area contributed by atoms with Crippen molar-refractivity contribution in [2.75, 3.05) is 6.54 Å². The number of fused-ring (bicyclic) bond motifs is 1. The van der Waals surface area contributed by atoms with Crippen molar-refractivity contribution in [1.82, 2.24) is 14.5 Å². The Morgan fingerprint density at radius 2 is 1.72 bits per heavy atom. The number of aromatic nitrogens is 2. The number of amides is 1. The summed E-state index contributed by atoms with van der Waals surface area (Å²) < 4.78 is 1.68. The molecule has 2 aromatic carbocycles. The van der Waals surface area contributed by atoms with Gasteiger partial charge in [0.2, 0.25) is 5.91 Å². The number of carbonyl (C=O) groups excluding carboxylic acids is 1. The molecule has 5 heteroatoms. The molecule has 32 heavy (non-hydrogen) atoms. The molecule has 0 bridgehead atoms. The van der Waals surface area contributed by atoms with Crippen molar-refractivity contribution in [3.05, 3.63) is 70.3 Å². The maximum absolute atomic E-state index is 13.6. The topological polar surface area (TPSA) is 55.2 Å². The zero-order valence-electron chi connectivity index (χ0n) is 20.2. The monoisotopic (exact) mass is 433 g/mol. The van der Waals surface area contributed by atoms with Gasteiger partial charge in [-0.1, -0.05) is 65.3 Å². The number of hydrogen-bond donors (Lipinski definition) is 0. The van der Waals surface area contributed by atoms with Gasteiger partial charge in [-0.3, -0.25) is 14.2 Å². The van der Waals surface area contributed by atoms with Crippen LogP contribution < -0.4 is 5.56 Å². The van der Waals surface area contributed by atoms with Gasteiger partial charge in [-0.25, -0.2) is 4.98 Å². The van der Waals surface area contributed by atoms with Crippen molar-refractivity contribution >= 4 is 16.8 Å². The summed E-state index contributed by atoms with van der Waals surface area (Å²) in [6.45, 7) is 12.6. The molecule has 0 N–H and O–H groups in total. The zero-order chi connectivity index (χ0) is 23.5. The van der Waals surface area contributed by atoms with Crippen LogP contribution in [0.5, 0.6) is 0 Å². The second-order valence-electron chi connectivity index (χ2n) is 9.43. The van der Waals surface area contributed by atoms with Crippen molar-refractivity contribution < 1.29 is 4.79 Å². The number of unbranched alkanes of at least 4 members (excludes halogenated alkanes) is 1. The summed E-state index contributed by atoms with van der Waals surface area (Å²) in [5.41, 5.74) is 2.00. The second kappa shape index (κ2) is 9.68. The van der Waals surface area contributed by atoms with E-state index in [2.05, 4.69) is 13.8 Å². The standard InChI is InChI=1S/C27H35N3O2/c1-7-9-18-29(26(32)27(4,5)6)19(3)24-28-23-13-11-10-12-22(23)25(31)30(24)21-16-14-20(8-2)15-17-21/h10-17,19H,7-9,18H2,1-6H3/t19-/m1/s1. The smallest absolute Gasteiger partial charge is 0.266 e. The van der Waals surface area contributed by atoms with Gasteiger partial charge in [-0.15, -0.1) is 0 Å². The Labute approximate surface area is 191 Å². The number of nitrogens with zero attached hydrogens (tertiary/aromatic N) is 3. The van der Waals surface area contributed by atoms with Gasteiger partial charge in [0.05, 0.1) is 22.6 Å². The highest BCUT2D eigenvalue weighted by molar-refractivity contribution is 5.82.